The number of rotatable bonds is 3. The molecule has 0 aliphatic carbocycles. The van der Waals surface area contributed by atoms with E-state index in [1.807, 2.05) is 36.5 Å². The highest BCUT2D eigenvalue weighted by atomic mass is 19.1. The maximum absolute atomic E-state index is 14.6. The van der Waals surface area contributed by atoms with Crippen molar-refractivity contribution in [3.05, 3.63) is 72.7 Å². The summed E-state index contributed by atoms with van der Waals surface area (Å²) in [6.45, 7) is 0.503. The quantitative estimate of drug-likeness (QED) is 0.537. The minimum absolute atomic E-state index is 0.163. The molecule has 5 rings (SSSR count). The summed E-state index contributed by atoms with van der Waals surface area (Å²) in [5, 5.41) is 0.991. The van der Waals surface area contributed by atoms with Gasteiger partial charge in [0.2, 0.25) is 5.88 Å². The maximum atomic E-state index is 14.6. The summed E-state index contributed by atoms with van der Waals surface area (Å²) >= 11 is 0. The number of fused-ring (bicyclic) bond motifs is 2. The molecule has 0 saturated carbocycles. The average molecular weight is 390 g/mol. The summed E-state index contributed by atoms with van der Waals surface area (Å²) in [4.78, 5) is 23.4. The molecule has 29 heavy (non-hydrogen) atoms. The number of halogens is 1. The first-order valence-electron chi connectivity index (χ1n) is 9.56. The summed E-state index contributed by atoms with van der Waals surface area (Å²) in [6, 6.07) is 14.9. The van der Waals surface area contributed by atoms with E-state index >= 15 is 0 Å². The normalized spacial score (nSPS) is 19.6. The standard InChI is InChI=1S/C22H19FN4O2/c23-17-9-12-27(22(28)16-5-3-11-26-13-10-24-21(16)26)14-19(17)29-20-8-7-15-4-1-2-6-18(15)25-20/h1-8,10-11,13,17,19H,9,12,14H2. The fourth-order valence-electron chi connectivity index (χ4n) is 3.74. The molecule has 146 valence electrons. The number of imidazole rings is 1. The highest BCUT2D eigenvalue weighted by molar-refractivity contribution is 5.99. The van der Waals surface area contributed by atoms with Gasteiger partial charge in [-0.25, -0.2) is 14.4 Å². The van der Waals surface area contributed by atoms with Crippen molar-refractivity contribution in [1.29, 1.82) is 0 Å². The number of hydrogen-bond donors (Lipinski definition) is 0. The van der Waals surface area contributed by atoms with Gasteiger partial charge in [-0.1, -0.05) is 18.2 Å². The lowest BCUT2D eigenvalue weighted by molar-refractivity contribution is 0.0167. The zero-order chi connectivity index (χ0) is 19.8. The highest BCUT2D eigenvalue weighted by Crippen LogP contribution is 2.24. The van der Waals surface area contributed by atoms with Crippen LogP contribution in [-0.2, 0) is 0 Å². The molecule has 0 N–H and O–H groups in total. The molecule has 1 amide bonds. The van der Waals surface area contributed by atoms with Crippen molar-refractivity contribution >= 4 is 22.5 Å². The Morgan fingerprint density at radius 1 is 1.10 bits per heavy atom. The van der Waals surface area contributed by atoms with E-state index in [2.05, 4.69) is 9.97 Å². The predicted molar refractivity (Wildman–Crippen MR) is 107 cm³/mol. The number of ether oxygens (including phenoxy) is 1. The molecule has 6 nitrogen and oxygen atoms in total. The summed E-state index contributed by atoms with van der Waals surface area (Å²) < 4.78 is 22.2. The second-order valence-corrected chi connectivity index (χ2v) is 7.13. The first-order valence-corrected chi connectivity index (χ1v) is 9.56. The van der Waals surface area contributed by atoms with Gasteiger partial charge in [-0.2, -0.15) is 0 Å². The Bertz CT molecular complexity index is 1190. The van der Waals surface area contributed by atoms with Crippen molar-refractivity contribution in [3.63, 3.8) is 0 Å². The predicted octanol–water partition coefficient (Wildman–Crippen LogP) is 3.51. The molecule has 1 saturated heterocycles. The number of alkyl halides is 1. The number of hydrogen-bond acceptors (Lipinski definition) is 4. The molecular weight excluding hydrogens is 371 g/mol. The van der Waals surface area contributed by atoms with E-state index in [4.69, 9.17) is 4.74 Å². The van der Waals surface area contributed by atoms with E-state index in [0.29, 0.717) is 23.6 Å². The number of piperidine rings is 1. The van der Waals surface area contributed by atoms with Gasteiger partial charge in [0, 0.05) is 36.6 Å². The number of nitrogens with zero attached hydrogens (tertiary/aromatic N) is 4. The Labute approximate surface area is 166 Å². The fraction of sp³-hybridized carbons (Fsp3) is 0.227. The smallest absolute Gasteiger partial charge is 0.257 e. The number of carbonyl (C=O) groups is 1. The number of aromatic nitrogens is 3. The monoisotopic (exact) mass is 390 g/mol. The fourth-order valence-corrected chi connectivity index (χ4v) is 3.74. The Morgan fingerprint density at radius 3 is 2.93 bits per heavy atom. The molecule has 0 spiro atoms. The summed E-state index contributed by atoms with van der Waals surface area (Å²) in [6.07, 6.45) is 3.58. The Balaban J connectivity index is 1.37. The lowest BCUT2D eigenvalue weighted by Crippen LogP contribution is -2.50. The van der Waals surface area contributed by atoms with Gasteiger partial charge in [-0.05, 0) is 30.7 Å². The second kappa shape index (κ2) is 7.16. The minimum Gasteiger partial charge on any atom is -0.469 e. The van der Waals surface area contributed by atoms with Gasteiger partial charge in [0.05, 0.1) is 17.6 Å². The lowest BCUT2D eigenvalue weighted by Gasteiger charge is -2.34. The van der Waals surface area contributed by atoms with Gasteiger partial charge in [-0.3, -0.25) is 4.79 Å². The van der Waals surface area contributed by atoms with Gasteiger partial charge >= 0.3 is 0 Å². The van der Waals surface area contributed by atoms with Crippen LogP contribution in [0.4, 0.5) is 4.39 Å². The molecule has 1 fully saturated rings. The summed E-state index contributed by atoms with van der Waals surface area (Å²) in [5.41, 5.74) is 1.88. The van der Waals surface area contributed by atoms with Gasteiger partial charge in [0.15, 0.2) is 0 Å². The van der Waals surface area contributed by atoms with Crippen molar-refractivity contribution in [1.82, 2.24) is 19.3 Å². The third-order valence-electron chi connectivity index (χ3n) is 5.26. The van der Waals surface area contributed by atoms with Crippen LogP contribution in [-0.4, -0.2) is 50.5 Å². The van der Waals surface area contributed by atoms with Crippen LogP contribution < -0.4 is 4.74 Å². The van der Waals surface area contributed by atoms with Gasteiger partial charge in [-0.15, -0.1) is 0 Å². The van der Waals surface area contributed by atoms with Crippen LogP contribution in [0.2, 0.25) is 0 Å². The Hall–Kier alpha value is -3.48. The molecule has 1 aliphatic rings. The van der Waals surface area contributed by atoms with E-state index < -0.39 is 12.3 Å². The number of likely N-dealkylation sites (tertiary alicyclic amines) is 1. The molecule has 1 aromatic carbocycles. The molecule has 2 atom stereocenters. The Morgan fingerprint density at radius 2 is 2.00 bits per heavy atom. The second-order valence-electron chi connectivity index (χ2n) is 7.13. The molecule has 4 aromatic rings. The first-order chi connectivity index (χ1) is 14.2. The van der Waals surface area contributed by atoms with Crippen molar-refractivity contribution in [2.45, 2.75) is 18.7 Å². The van der Waals surface area contributed by atoms with Crippen LogP contribution in [0.15, 0.2) is 67.1 Å². The van der Waals surface area contributed by atoms with Gasteiger partial charge in [0.1, 0.15) is 17.9 Å². The van der Waals surface area contributed by atoms with Crippen LogP contribution in [0.3, 0.4) is 0 Å². The number of benzene rings is 1. The van der Waals surface area contributed by atoms with Crippen molar-refractivity contribution in [2.24, 2.45) is 0 Å². The van der Waals surface area contributed by atoms with Crippen LogP contribution in [0.5, 0.6) is 5.88 Å². The third kappa shape index (κ3) is 3.29. The van der Waals surface area contributed by atoms with Crippen LogP contribution >= 0.6 is 0 Å². The SMILES string of the molecule is O=C(c1cccn2ccnc12)N1CCC(F)C(Oc2ccc3ccccc3n2)C1. The van der Waals surface area contributed by atoms with Gasteiger partial charge < -0.3 is 14.0 Å². The zero-order valence-electron chi connectivity index (χ0n) is 15.6. The largest absolute Gasteiger partial charge is 0.469 e. The molecule has 4 heterocycles. The average Bonchev–Trinajstić information content (AvgIpc) is 3.24. The number of pyridine rings is 2. The molecular formula is C22H19FN4O2. The lowest BCUT2D eigenvalue weighted by atomic mass is 10.0. The number of para-hydroxylation sites is 1. The summed E-state index contributed by atoms with van der Waals surface area (Å²) in [5.74, 6) is 0.190. The molecule has 3 aromatic heterocycles. The van der Waals surface area contributed by atoms with E-state index in [9.17, 15) is 9.18 Å². The first kappa shape index (κ1) is 17.6. The van der Waals surface area contributed by atoms with Crippen molar-refractivity contribution in [3.8, 4) is 5.88 Å². The number of amides is 1. The van der Waals surface area contributed by atoms with Crippen molar-refractivity contribution in [2.75, 3.05) is 13.1 Å². The minimum atomic E-state index is -1.16. The number of carbonyl (C=O) groups excluding carboxylic acids is 1. The molecule has 7 heteroatoms. The van der Waals surface area contributed by atoms with Crippen molar-refractivity contribution < 1.29 is 13.9 Å². The van der Waals surface area contributed by atoms with Crippen LogP contribution in [0.25, 0.3) is 16.6 Å². The Kier molecular flexibility index (Phi) is 4.35. The van der Waals surface area contributed by atoms with Crippen LogP contribution in [0, 0.1) is 0 Å². The molecule has 0 radical (unpaired) electrons. The van der Waals surface area contributed by atoms with E-state index in [-0.39, 0.29) is 18.9 Å². The van der Waals surface area contributed by atoms with E-state index in [1.165, 1.54) is 0 Å². The molecule has 2 unspecified atom stereocenters. The molecule has 1 aliphatic heterocycles. The van der Waals surface area contributed by atoms with Gasteiger partial charge in [0.25, 0.3) is 5.91 Å². The van der Waals surface area contributed by atoms with E-state index in [1.54, 1.807) is 39.9 Å². The van der Waals surface area contributed by atoms with E-state index in [0.717, 1.165) is 10.9 Å². The maximum Gasteiger partial charge on any atom is 0.257 e. The van der Waals surface area contributed by atoms with Crippen LogP contribution in [0.1, 0.15) is 16.8 Å². The highest BCUT2D eigenvalue weighted by Gasteiger charge is 2.34. The summed E-state index contributed by atoms with van der Waals surface area (Å²) in [7, 11) is 0. The topological polar surface area (TPSA) is 59.7 Å². The third-order valence-corrected chi connectivity index (χ3v) is 5.26. The molecule has 0 bridgehead atoms. The zero-order valence-corrected chi connectivity index (χ0v) is 15.6.